The molecule has 1 fully saturated rings. The van der Waals surface area contributed by atoms with E-state index in [9.17, 15) is 9.90 Å². The lowest BCUT2D eigenvalue weighted by Gasteiger charge is -2.35. The minimum absolute atomic E-state index is 0.0126. The number of aromatic nitrogens is 1. The fourth-order valence-electron chi connectivity index (χ4n) is 3.14. The summed E-state index contributed by atoms with van der Waals surface area (Å²) in [6.07, 6.45) is -0.344. The molecule has 0 saturated carbocycles. The van der Waals surface area contributed by atoms with Crippen LogP contribution in [0.4, 0.5) is 0 Å². The Morgan fingerprint density at radius 3 is 2.67 bits per heavy atom. The molecule has 128 valence electrons. The second kappa shape index (κ2) is 7.05. The Morgan fingerprint density at radius 2 is 2.00 bits per heavy atom. The molecule has 3 rings (SSSR count). The summed E-state index contributed by atoms with van der Waals surface area (Å²) in [6.45, 7) is 7.19. The SMILES string of the molecule is Cc1nc2ccc(Cl)cc2cc1C(=O)N1CCN(C[C@@H](C)O)CC1. The van der Waals surface area contributed by atoms with Crippen LogP contribution in [-0.4, -0.2) is 64.6 Å². The maximum absolute atomic E-state index is 12.9. The van der Waals surface area contributed by atoms with Gasteiger partial charge in [0.1, 0.15) is 0 Å². The van der Waals surface area contributed by atoms with Gasteiger partial charge in [0.2, 0.25) is 0 Å². The number of hydrogen-bond donors (Lipinski definition) is 1. The van der Waals surface area contributed by atoms with E-state index in [1.807, 2.05) is 30.0 Å². The fourth-order valence-corrected chi connectivity index (χ4v) is 3.32. The third-order valence-corrected chi connectivity index (χ3v) is 4.61. The summed E-state index contributed by atoms with van der Waals surface area (Å²) in [5, 5.41) is 11.0. The number of piperazine rings is 1. The molecule has 1 amide bonds. The zero-order valence-corrected chi connectivity index (χ0v) is 14.8. The molecule has 2 aromatic rings. The maximum atomic E-state index is 12.9. The monoisotopic (exact) mass is 347 g/mol. The number of benzene rings is 1. The Morgan fingerprint density at radius 1 is 1.29 bits per heavy atom. The molecule has 1 saturated heterocycles. The molecule has 2 heterocycles. The number of rotatable bonds is 3. The topological polar surface area (TPSA) is 56.7 Å². The molecule has 5 nitrogen and oxygen atoms in total. The normalized spacial score (nSPS) is 17.2. The second-order valence-corrected chi connectivity index (χ2v) is 6.84. The Labute approximate surface area is 146 Å². The minimum atomic E-state index is -0.344. The second-order valence-electron chi connectivity index (χ2n) is 6.40. The molecule has 1 aliphatic heterocycles. The van der Waals surface area contributed by atoms with Gasteiger partial charge in [0.25, 0.3) is 5.91 Å². The average Bonchev–Trinajstić information content (AvgIpc) is 2.54. The molecule has 0 spiro atoms. The van der Waals surface area contributed by atoms with E-state index in [0.29, 0.717) is 30.2 Å². The van der Waals surface area contributed by atoms with Crippen molar-refractivity contribution in [2.45, 2.75) is 20.0 Å². The minimum Gasteiger partial charge on any atom is -0.392 e. The van der Waals surface area contributed by atoms with Gasteiger partial charge in [0, 0.05) is 43.1 Å². The zero-order chi connectivity index (χ0) is 17.3. The highest BCUT2D eigenvalue weighted by Crippen LogP contribution is 2.22. The van der Waals surface area contributed by atoms with Crippen LogP contribution in [0.2, 0.25) is 5.02 Å². The van der Waals surface area contributed by atoms with Crippen molar-refractivity contribution >= 4 is 28.4 Å². The van der Waals surface area contributed by atoms with Crippen LogP contribution in [0.3, 0.4) is 0 Å². The van der Waals surface area contributed by atoms with Gasteiger partial charge in [-0.15, -0.1) is 0 Å². The highest BCUT2D eigenvalue weighted by Gasteiger charge is 2.24. The van der Waals surface area contributed by atoms with Crippen LogP contribution in [-0.2, 0) is 0 Å². The van der Waals surface area contributed by atoms with Crippen LogP contribution >= 0.6 is 11.6 Å². The van der Waals surface area contributed by atoms with Crippen molar-refractivity contribution in [3.8, 4) is 0 Å². The number of fused-ring (bicyclic) bond motifs is 1. The Hall–Kier alpha value is -1.69. The van der Waals surface area contributed by atoms with Gasteiger partial charge in [-0.2, -0.15) is 0 Å². The first-order valence-electron chi connectivity index (χ1n) is 8.20. The number of carbonyl (C=O) groups excluding carboxylic acids is 1. The summed E-state index contributed by atoms with van der Waals surface area (Å²) in [6, 6.07) is 7.39. The van der Waals surface area contributed by atoms with Crippen LogP contribution in [0, 0.1) is 6.92 Å². The Bertz CT molecular complexity index is 755. The first-order valence-corrected chi connectivity index (χ1v) is 8.58. The van der Waals surface area contributed by atoms with E-state index >= 15 is 0 Å². The van der Waals surface area contributed by atoms with E-state index < -0.39 is 0 Å². The predicted octanol–water partition coefficient (Wildman–Crippen LogP) is 2.34. The van der Waals surface area contributed by atoms with Gasteiger partial charge >= 0.3 is 0 Å². The van der Waals surface area contributed by atoms with E-state index in [2.05, 4.69) is 9.88 Å². The largest absolute Gasteiger partial charge is 0.392 e. The molecular weight excluding hydrogens is 326 g/mol. The van der Waals surface area contributed by atoms with Gasteiger partial charge in [-0.05, 0) is 38.1 Å². The first-order chi connectivity index (χ1) is 11.4. The van der Waals surface area contributed by atoms with Crippen LogP contribution in [0.25, 0.3) is 10.9 Å². The number of aryl methyl sites for hydroxylation is 1. The van der Waals surface area contributed by atoms with Crippen molar-refractivity contribution in [3.63, 3.8) is 0 Å². The van der Waals surface area contributed by atoms with E-state index in [0.717, 1.165) is 29.7 Å². The number of β-amino-alcohol motifs (C(OH)–C–C–N with tert-alkyl or cyclic N) is 1. The van der Waals surface area contributed by atoms with Crippen molar-refractivity contribution in [2.24, 2.45) is 0 Å². The maximum Gasteiger partial charge on any atom is 0.255 e. The molecule has 1 N–H and O–H groups in total. The summed E-state index contributed by atoms with van der Waals surface area (Å²) < 4.78 is 0. The Kier molecular flexibility index (Phi) is 5.04. The van der Waals surface area contributed by atoms with Gasteiger partial charge < -0.3 is 10.0 Å². The van der Waals surface area contributed by atoms with Crippen molar-refractivity contribution in [1.82, 2.24) is 14.8 Å². The molecule has 1 aliphatic rings. The molecule has 0 aliphatic carbocycles. The lowest BCUT2D eigenvalue weighted by atomic mass is 10.1. The lowest BCUT2D eigenvalue weighted by molar-refractivity contribution is 0.0553. The number of halogens is 1. The van der Waals surface area contributed by atoms with E-state index in [1.165, 1.54) is 0 Å². The van der Waals surface area contributed by atoms with Crippen LogP contribution in [0.1, 0.15) is 23.0 Å². The average molecular weight is 348 g/mol. The fraction of sp³-hybridized carbons (Fsp3) is 0.444. The van der Waals surface area contributed by atoms with Crippen molar-refractivity contribution in [1.29, 1.82) is 0 Å². The number of aliphatic hydroxyl groups is 1. The third kappa shape index (κ3) is 3.69. The number of carbonyl (C=O) groups is 1. The standard InChI is InChI=1S/C18H22ClN3O2/c1-12(23)11-21-5-7-22(8-6-21)18(24)16-10-14-9-15(19)3-4-17(14)20-13(16)2/h3-4,9-10,12,23H,5-8,11H2,1-2H3/t12-/m1/s1. The van der Waals surface area contributed by atoms with Crippen molar-refractivity contribution in [3.05, 3.63) is 40.5 Å². The van der Waals surface area contributed by atoms with Gasteiger partial charge in [0.15, 0.2) is 0 Å². The highest BCUT2D eigenvalue weighted by atomic mass is 35.5. The molecule has 1 atom stereocenters. The smallest absolute Gasteiger partial charge is 0.255 e. The zero-order valence-electron chi connectivity index (χ0n) is 14.0. The quantitative estimate of drug-likeness (QED) is 0.926. The lowest BCUT2D eigenvalue weighted by Crippen LogP contribution is -2.50. The number of aliphatic hydroxyl groups excluding tert-OH is 1. The van der Waals surface area contributed by atoms with Gasteiger partial charge in [-0.25, -0.2) is 0 Å². The molecular formula is C18H22ClN3O2. The molecule has 0 radical (unpaired) electrons. The predicted molar refractivity (Wildman–Crippen MR) is 95.5 cm³/mol. The molecule has 0 bridgehead atoms. The van der Waals surface area contributed by atoms with Crippen LogP contribution in [0.5, 0.6) is 0 Å². The van der Waals surface area contributed by atoms with Crippen LogP contribution in [0.15, 0.2) is 24.3 Å². The molecule has 1 aromatic heterocycles. The Balaban J connectivity index is 1.78. The molecule has 1 aromatic carbocycles. The number of amides is 1. The van der Waals surface area contributed by atoms with Crippen molar-refractivity contribution in [2.75, 3.05) is 32.7 Å². The van der Waals surface area contributed by atoms with E-state index in [-0.39, 0.29) is 12.0 Å². The summed E-state index contributed by atoms with van der Waals surface area (Å²) in [7, 11) is 0. The molecule has 0 unspecified atom stereocenters. The third-order valence-electron chi connectivity index (χ3n) is 4.38. The summed E-state index contributed by atoms with van der Waals surface area (Å²) in [5.41, 5.74) is 2.21. The van der Waals surface area contributed by atoms with Crippen molar-refractivity contribution < 1.29 is 9.90 Å². The molecule has 24 heavy (non-hydrogen) atoms. The molecule has 6 heteroatoms. The van der Waals surface area contributed by atoms with Gasteiger partial charge in [-0.1, -0.05) is 11.6 Å². The van der Waals surface area contributed by atoms with Gasteiger partial charge in [0.05, 0.1) is 22.9 Å². The number of pyridine rings is 1. The highest BCUT2D eigenvalue weighted by molar-refractivity contribution is 6.31. The summed E-state index contributed by atoms with van der Waals surface area (Å²) >= 11 is 6.05. The van der Waals surface area contributed by atoms with E-state index in [1.54, 1.807) is 13.0 Å². The van der Waals surface area contributed by atoms with Crippen LogP contribution < -0.4 is 0 Å². The van der Waals surface area contributed by atoms with E-state index in [4.69, 9.17) is 11.6 Å². The summed E-state index contributed by atoms with van der Waals surface area (Å²) in [4.78, 5) is 21.4. The number of nitrogens with zero attached hydrogens (tertiary/aromatic N) is 3. The number of hydrogen-bond acceptors (Lipinski definition) is 4. The first kappa shape index (κ1) is 17.1. The van der Waals surface area contributed by atoms with Gasteiger partial charge in [-0.3, -0.25) is 14.7 Å². The summed E-state index contributed by atoms with van der Waals surface area (Å²) in [5.74, 6) is 0.0126.